The van der Waals surface area contributed by atoms with Crippen molar-refractivity contribution in [2.45, 2.75) is 71.8 Å². The normalized spacial score (nSPS) is 13.6. The van der Waals surface area contributed by atoms with Crippen LogP contribution in [0.3, 0.4) is 0 Å². The van der Waals surface area contributed by atoms with E-state index in [-0.39, 0.29) is 0 Å². The van der Waals surface area contributed by atoms with Crippen molar-refractivity contribution < 1.29 is 0 Å². The highest BCUT2D eigenvalue weighted by molar-refractivity contribution is 4.60. The van der Waals surface area contributed by atoms with E-state index in [1.807, 2.05) is 0 Å². The summed E-state index contributed by atoms with van der Waals surface area (Å²) in [5, 5.41) is 0. The van der Waals surface area contributed by atoms with Gasteiger partial charge >= 0.3 is 0 Å². The molecule has 13 heavy (non-hydrogen) atoms. The zero-order chi connectivity index (χ0) is 10.1. The highest BCUT2D eigenvalue weighted by Gasteiger charge is 2.03. The number of unbranched alkanes of at least 4 members (excludes halogenated alkanes) is 1. The van der Waals surface area contributed by atoms with Crippen LogP contribution in [-0.4, -0.2) is 6.04 Å². The number of hydrogen-bond acceptors (Lipinski definition) is 1. The second kappa shape index (κ2) is 8.55. The Balaban J connectivity index is 3.23. The number of hydrogen-bond donors (Lipinski definition) is 1. The Morgan fingerprint density at radius 3 is 1.85 bits per heavy atom. The Labute approximate surface area is 84.1 Å². The van der Waals surface area contributed by atoms with E-state index < -0.39 is 0 Å². The molecule has 1 unspecified atom stereocenters. The third-order valence-electron chi connectivity index (χ3n) is 3.12. The average Bonchev–Trinajstić information content (AvgIpc) is 2.18. The Morgan fingerprint density at radius 2 is 1.38 bits per heavy atom. The molecule has 0 aromatic rings. The van der Waals surface area contributed by atoms with Crippen molar-refractivity contribution in [2.24, 2.45) is 11.7 Å². The molecule has 1 heteroatoms. The fourth-order valence-electron chi connectivity index (χ4n) is 1.74. The molecule has 0 aliphatic heterocycles. The van der Waals surface area contributed by atoms with Crippen molar-refractivity contribution in [3.63, 3.8) is 0 Å². The molecule has 1 atom stereocenters. The molecule has 0 aromatic carbocycles. The van der Waals surface area contributed by atoms with Crippen molar-refractivity contribution in [1.29, 1.82) is 0 Å². The Morgan fingerprint density at radius 1 is 0.846 bits per heavy atom. The molecule has 0 aliphatic rings. The standard InChI is InChI=1S/C12H27N/c1-4-11(5-2)9-7-8-10-12(13)6-3/h11-12H,4-10,13H2,1-3H3. The van der Waals surface area contributed by atoms with E-state index in [4.69, 9.17) is 5.73 Å². The van der Waals surface area contributed by atoms with Gasteiger partial charge in [0.15, 0.2) is 0 Å². The van der Waals surface area contributed by atoms with Crippen LogP contribution in [0.1, 0.15) is 65.7 Å². The van der Waals surface area contributed by atoms with Crippen LogP contribution in [-0.2, 0) is 0 Å². The van der Waals surface area contributed by atoms with Crippen LogP contribution in [0.5, 0.6) is 0 Å². The Kier molecular flexibility index (Phi) is 8.53. The van der Waals surface area contributed by atoms with E-state index in [0.717, 1.165) is 12.3 Å². The minimum atomic E-state index is 0.446. The maximum atomic E-state index is 5.85. The van der Waals surface area contributed by atoms with E-state index in [1.54, 1.807) is 0 Å². The SMILES string of the molecule is CCC(N)CCCCC(CC)CC. The summed E-state index contributed by atoms with van der Waals surface area (Å²) in [4.78, 5) is 0. The fraction of sp³-hybridized carbons (Fsp3) is 1.00. The second-order valence-corrected chi connectivity index (χ2v) is 4.14. The summed E-state index contributed by atoms with van der Waals surface area (Å²) in [5.74, 6) is 0.956. The molecule has 0 rings (SSSR count). The lowest BCUT2D eigenvalue weighted by Gasteiger charge is -2.12. The molecule has 0 saturated carbocycles. The van der Waals surface area contributed by atoms with Crippen LogP contribution >= 0.6 is 0 Å². The highest BCUT2D eigenvalue weighted by Crippen LogP contribution is 2.17. The van der Waals surface area contributed by atoms with Gasteiger partial charge in [0.05, 0.1) is 0 Å². The van der Waals surface area contributed by atoms with Crippen molar-refractivity contribution in [3.8, 4) is 0 Å². The first-order chi connectivity index (χ1) is 6.24. The summed E-state index contributed by atoms with van der Waals surface area (Å²) in [7, 11) is 0. The first-order valence-electron chi connectivity index (χ1n) is 6.00. The van der Waals surface area contributed by atoms with Gasteiger partial charge < -0.3 is 5.73 Å². The molecule has 2 N–H and O–H groups in total. The molecule has 1 nitrogen and oxygen atoms in total. The maximum absolute atomic E-state index is 5.85. The minimum Gasteiger partial charge on any atom is -0.328 e. The molecular formula is C12H27N. The first kappa shape index (κ1) is 13.0. The molecule has 0 amide bonds. The molecule has 80 valence electrons. The van der Waals surface area contributed by atoms with Gasteiger partial charge in [0.25, 0.3) is 0 Å². The molecule has 0 saturated heterocycles. The molecule has 0 fully saturated rings. The van der Waals surface area contributed by atoms with Crippen molar-refractivity contribution in [1.82, 2.24) is 0 Å². The summed E-state index contributed by atoms with van der Waals surface area (Å²) >= 11 is 0. The zero-order valence-electron chi connectivity index (χ0n) is 9.68. The smallest absolute Gasteiger partial charge is 0.00362 e. The largest absolute Gasteiger partial charge is 0.328 e. The van der Waals surface area contributed by atoms with Crippen LogP contribution in [0.2, 0.25) is 0 Å². The topological polar surface area (TPSA) is 26.0 Å². The van der Waals surface area contributed by atoms with Gasteiger partial charge in [-0.25, -0.2) is 0 Å². The average molecular weight is 185 g/mol. The number of rotatable bonds is 8. The van der Waals surface area contributed by atoms with Gasteiger partial charge in [-0.05, 0) is 18.8 Å². The first-order valence-corrected chi connectivity index (χ1v) is 6.00. The zero-order valence-corrected chi connectivity index (χ0v) is 9.68. The lowest BCUT2D eigenvalue weighted by molar-refractivity contribution is 0.421. The summed E-state index contributed by atoms with van der Waals surface area (Å²) in [6.45, 7) is 6.77. The summed E-state index contributed by atoms with van der Waals surface area (Å²) in [5.41, 5.74) is 5.85. The van der Waals surface area contributed by atoms with Gasteiger partial charge in [-0.3, -0.25) is 0 Å². The summed E-state index contributed by atoms with van der Waals surface area (Å²) < 4.78 is 0. The quantitative estimate of drug-likeness (QED) is 0.573. The third-order valence-corrected chi connectivity index (χ3v) is 3.12. The van der Waals surface area contributed by atoms with Gasteiger partial charge in [0.1, 0.15) is 0 Å². The summed E-state index contributed by atoms with van der Waals surface area (Å²) in [6.07, 6.45) is 9.14. The van der Waals surface area contributed by atoms with Crippen LogP contribution in [0.15, 0.2) is 0 Å². The van der Waals surface area contributed by atoms with Crippen LogP contribution in [0.25, 0.3) is 0 Å². The van der Waals surface area contributed by atoms with E-state index in [9.17, 15) is 0 Å². The van der Waals surface area contributed by atoms with Gasteiger partial charge in [-0.15, -0.1) is 0 Å². The van der Waals surface area contributed by atoms with Crippen LogP contribution in [0.4, 0.5) is 0 Å². The van der Waals surface area contributed by atoms with Crippen molar-refractivity contribution in [3.05, 3.63) is 0 Å². The van der Waals surface area contributed by atoms with Crippen molar-refractivity contribution in [2.75, 3.05) is 0 Å². The van der Waals surface area contributed by atoms with Crippen LogP contribution in [0, 0.1) is 5.92 Å². The predicted molar refractivity (Wildman–Crippen MR) is 60.8 cm³/mol. The van der Waals surface area contributed by atoms with Crippen molar-refractivity contribution >= 4 is 0 Å². The third kappa shape index (κ3) is 7.06. The second-order valence-electron chi connectivity index (χ2n) is 4.14. The van der Waals surface area contributed by atoms with Crippen LogP contribution < -0.4 is 5.73 Å². The Hall–Kier alpha value is -0.0400. The van der Waals surface area contributed by atoms with Gasteiger partial charge in [-0.2, -0.15) is 0 Å². The monoisotopic (exact) mass is 185 g/mol. The maximum Gasteiger partial charge on any atom is 0.00362 e. The molecular weight excluding hydrogens is 158 g/mol. The molecule has 0 aliphatic carbocycles. The molecule has 0 radical (unpaired) electrons. The molecule has 0 aromatic heterocycles. The fourth-order valence-corrected chi connectivity index (χ4v) is 1.74. The van der Waals surface area contributed by atoms with E-state index in [2.05, 4.69) is 20.8 Å². The van der Waals surface area contributed by atoms with E-state index >= 15 is 0 Å². The van der Waals surface area contributed by atoms with E-state index in [1.165, 1.54) is 38.5 Å². The van der Waals surface area contributed by atoms with Gasteiger partial charge in [-0.1, -0.05) is 52.9 Å². The molecule has 0 bridgehead atoms. The Bertz CT molecular complexity index is 97.3. The highest BCUT2D eigenvalue weighted by atomic mass is 14.6. The lowest BCUT2D eigenvalue weighted by Crippen LogP contribution is -2.18. The molecule has 0 spiro atoms. The summed E-state index contributed by atoms with van der Waals surface area (Å²) in [6, 6.07) is 0.446. The lowest BCUT2D eigenvalue weighted by atomic mass is 9.95. The minimum absolute atomic E-state index is 0.446. The number of nitrogens with two attached hydrogens (primary N) is 1. The van der Waals surface area contributed by atoms with Gasteiger partial charge in [0.2, 0.25) is 0 Å². The predicted octanol–water partition coefficient (Wildman–Crippen LogP) is 3.72. The van der Waals surface area contributed by atoms with Gasteiger partial charge in [0, 0.05) is 6.04 Å². The molecule has 0 heterocycles. The van der Waals surface area contributed by atoms with E-state index in [0.29, 0.717) is 6.04 Å².